The molecule has 0 spiro atoms. The molecule has 0 amide bonds. The fourth-order valence-corrected chi connectivity index (χ4v) is 4.19. The number of hydrogen-bond donors (Lipinski definition) is 1. The van der Waals surface area contributed by atoms with Crippen LogP contribution in [0.4, 0.5) is 20.3 Å². The number of benzene rings is 3. The molecular weight excluding hydrogens is 388 g/mol. The Morgan fingerprint density at radius 3 is 2.31 bits per heavy atom. The molecule has 29 heavy (non-hydrogen) atoms. The highest BCUT2D eigenvalue weighted by molar-refractivity contribution is 7.15. The number of aromatic nitrogens is 2. The number of hydrogen-bond acceptors (Lipinski definition) is 3. The van der Waals surface area contributed by atoms with Crippen LogP contribution in [0.15, 0.2) is 84.2 Å². The maximum atomic E-state index is 14.6. The highest BCUT2D eigenvalue weighted by Crippen LogP contribution is 2.38. The lowest BCUT2D eigenvalue weighted by molar-refractivity contribution is 0.628. The summed E-state index contributed by atoms with van der Waals surface area (Å²) in [6, 6.07) is 22.6. The summed E-state index contributed by atoms with van der Waals surface area (Å²) in [6.07, 6.45) is 0. The van der Waals surface area contributed by atoms with Crippen LogP contribution in [0.1, 0.15) is 0 Å². The fraction of sp³-hybridized carbons (Fsp3) is 0. The molecule has 0 aliphatic heterocycles. The molecule has 2 aromatic heterocycles. The zero-order valence-electron chi connectivity index (χ0n) is 15.1. The van der Waals surface area contributed by atoms with Gasteiger partial charge in [-0.05, 0) is 42.0 Å². The molecule has 2 heterocycles. The fourth-order valence-electron chi connectivity index (χ4n) is 3.30. The summed E-state index contributed by atoms with van der Waals surface area (Å²) >= 11 is 1.49. The highest BCUT2D eigenvalue weighted by atomic mass is 32.1. The van der Waals surface area contributed by atoms with Crippen molar-refractivity contribution in [3.05, 3.63) is 95.9 Å². The number of imidazole rings is 1. The lowest BCUT2D eigenvalue weighted by Gasteiger charge is -2.11. The molecule has 142 valence electrons. The van der Waals surface area contributed by atoms with Crippen molar-refractivity contribution in [3.63, 3.8) is 0 Å². The lowest BCUT2D eigenvalue weighted by Crippen LogP contribution is -1.98. The van der Waals surface area contributed by atoms with Gasteiger partial charge in [-0.2, -0.15) is 0 Å². The molecule has 0 aliphatic carbocycles. The van der Waals surface area contributed by atoms with Crippen LogP contribution in [0.25, 0.3) is 27.5 Å². The summed E-state index contributed by atoms with van der Waals surface area (Å²) in [5.74, 6) is -0.0257. The summed E-state index contributed by atoms with van der Waals surface area (Å²) < 4.78 is 29.9. The van der Waals surface area contributed by atoms with Gasteiger partial charge < -0.3 is 5.32 Å². The van der Waals surface area contributed by atoms with Gasteiger partial charge in [0.05, 0.1) is 5.69 Å². The molecule has 3 aromatic carbocycles. The first kappa shape index (κ1) is 17.6. The van der Waals surface area contributed by atoms with E-state index in [1.54, 1.807) is 30.3 Å². The molecule has 5 aromatic rings. The van der Waals surface area contributed by atoms with Crippen molar-refractivity contribution in [2.75, 3.05) is 5.32 Å². The molecule has 6 heteroatoms. The van der Waals surface area contributed by atoms with Crippen LogP contribution in [0.5, 0.6) is 0 Å². The van der Waals surface area contributed by atoms with Crippen LogP contribution in [0, 0.1) is 11.6 Å². The zero-order valence-corrected chi connectivity index (χ0v) is 16.0. The van der Waals surface area contributed by atoms with Gasteiger partial charge in [-0.3, -0.25) is 4.40 Å². The van der Waals surface area contributed by atoms with E-state index in [-0.39, 0.29) is 11.6 Å². The van der Waals surface area contributed by atoms with E-state index in [1.807, 2.05) is 40.1 Å². The normalized spacial score (nSPS) is 11.1. The lowest BCUT2D eigenvalue weighted by atomic mass is 10.1. The van der Waals surface area contributed by atoms with E-state index < -0.39 is 0 Å². The van der Waals surface area contributed by atoms with Crippen molar-refractivity contribution in [2.45, 2.75) is 0 Å². The van der Waals surface area contributed by atoms with Crippen molar-refractivity contribution < 1.29 is 8.78 Å². The Hall–Kier alpha value is -3.51. The van der Waals surface area contributed by atoms with E-state index in [4.69, 9.17) is 4.98 Å². The number of fused-ring (bicyclic) bond motifs is 1. The number of rotatable bonds is 4. The minimum Gasteiger partial charge on any atom is -0.339 e. The molecule has 0 atom stereocenters. The van der Waals surface area contributed by atoms with Gasteiger partial charge in [0.15, 0.2) is 4.96 Å². The van der Waals surface area contributed by atoms with Gasteiger partial charge >= 0.3 is 0 Å². The van der Waals surface area contributed by atoms with Gasteiger partial charge in [0, 0.05) is 16.6 Å². The number of thiazole rings is 1. The van der Waals surface area contributed by atoms with E-state index in [9.17, 15) is 8.78 Å². The second kappa shape index (κ2) is 7.14. The van der Waals surface area contributed by atoms with Gasteiger partial charge in [-0.15, -0.1) is 11.3 Å². The monoisotopic (exact) mass is 403 g/mol. The Morgan fingerprint density at radius 2 is 1.55 bits per heavy atom. The largest absolute Gasteiger partial charge is 0.339 e. The van der Waals surface area contributed by atoms with E-state index in [1.165, 1.54) is 29.5 Å². The summed E-state index contributed by atoms with van der Waals surface area (Å²) in [5.41, 5.74) is 3.59. The molecule has 5 rings (SSSR count). The SMILES string of the molecule is Fc1ccc(Nc2c(-c3ccccc3F)nc3scc(-c4ccccc4)n23)cc1. The van der Waals surface area contributed by atoms with Crippen molar-refractivity contribution in [1.29, 1.82) is 0 Å². The molecule has 0 aliphatic rings. The zero-order chi connectivity index (χ0) is 19.8. The smallest absolute Gasteiger partial charge is 0.196 e. The van der Waals surface area contributed by atoms with E-state index in [0.717, 1.165) is 16.2 Å². The Labute approximate surface area is 169 Å². The third-order valence-electron chi connectivity index (χ3n) is 4.67. The van der Waals surface area contributed by atoms with E-state index in [0.29, 0.717) is 22.8 Å². The van der Waals surface area contributed by atoms with E-state index in [2.05, 4.69) is 5.32 Å². The summed E-state index contributed by atoms with van der Waals surface area (Å²) in [7, 11) is 0. The van der Waals surface area contributed by atoms with Crippen LogP contribution in [0.2, 0.25) is 0 Å². The number of nitrogens with zero attached hydrogens (tertiary/aromatic N) is 2. The van der Waals surface area contributed by atoms with Crippen LogP contribution in [0.3, 0.4) is 0 Å². The predicted octanol–water partition coefficient (Wildman–Crippen LogP) is 6.75. The number of nitrogens with one attached hydrogen (secondary N) is 1. The van der Waals surface area contributed by atoms with Crippen LogP contribution >= 0.6 is 11.3 Å². The molecular formula is C23H15F2N3S. The Kier molecular flexibility index (Phi) is 4.33. The van der Waals surface area contributed by atoms with Crippen molar-refractivity contribution in [1.82, 2.24) is 9.38 Å². The standard InChI is InChI=1S/C23H15F2N3S/c24-16-10-12-17(13-11-16)26-22-21(18-8-4-5-9-19(18)25)27-23-28(22)20(14-29-23)15-6-2-1-3-7-15/h1-14,26H. The average Bonchev–Trinajstić information content (AvgIpc) is 3.31. The Balaban J connectivity index is 1.75. The second-order valence-electron chi connectivity index (χ2n) is 6.53. The maximum Gasteiger partial charge on any atom is 0.196 e. The van der Waals surface area contributed by atoms with Gasteiger partial charge in [-0.25, -0.2) is 13.8 Å². The molecule has 0 saturated heterocycles. The van der Waals surface area contributed by atoms with Gasteiger partial charge in [0.2, 0.25) is 0 Å². The quantitative estimate of drug-likeness (QED) is 0.360. The third-order valence-corrected chi connectivity index (χ3v) is 5.49. The first-order valence-electron chi connectivity index (χ1n) is 9.03. The van der Waals surface area contributed by atoms with Gasteiger partial charge in [0.25, 0.3) is 0 Å². The van der Waals surface area contributed by atoms with Crippen molar-refractivity contribution >= 4 is 27.8 Å². The van der Waals surface area contributed by atoms with Crippen LogP contribution in [-0.2, 0) is 0 Å². The predicted molar refractivity (Wildman–Crippen MR) is 114 cm³/mol. The van der Waals surface area contributed by atoms with Gasteiger partial charge in [0.1, 0.15) is 23.1 Å². The topological polar surface area (TPSA) is 29.3 Å². The number of halogens is 2. The molecule has 3 nitrogen and oxygen atoms in total. The average molecular weight is 403 g/mol. The first-order valence-corrected chi connectivity index (χ1v) is 9.91. The van der Waals surface area contributed by atoms with Crippen LogP contribution in [-0.4, -0.2) is 9.38 Å². The molecule has 0 unspecified atom stereocenters. The molecule has 0 fully saturated rings. The first-order chi connectivity index (χ1) is 14.2. The minimum atomic E-state index is -0.346. The second-order valence-corrected chi connectivity index (χ2v) is 7.36. The number of anilines is 2. The molecule has 0 bridgehead atoms. The highest BCUT2D eigenvalue weighted by Gasteiger charge is 2.21. The third kappa shape index (κ3) is 3.17. The Bertz CT molecular complexity index is 1290. The summed E-state index contributed by atoms with van der Waals surface area (Å²) in [6.45, 7) is 0. The Morgan fingerprint density at radius 1 is 0.828 bits per heavy atom. The molecule has 0 radical (unpaired) electrons. The maximum absolute atomic E-state index is 14.6. The summed E-state index contributed by atoms with van der Waals surface area (Å²) in [4.78, 5) is 5.45. The van der Waals surface area contributed by atoms with Crippen molar-refractivity contribution in [2.24, 2.45) is 0 Å². The van der Waals surface area contributed by atoms with Crippen LogP contribution < -0.4 is 5.32 Å². The molecule has 0 saturated carbocycles. The molecule has 1 N–H and O–H groups in total. The summed E-state index contributed by atoms with van der Waals surface area (Å²) in [5, 5.41) is 5.34. The van der Waals surface area contributed by atoms with Crippen molar-refractivity contribution in [3.8, 4) is 22.5 Å². The van der Waals surface area contributed by atoms with Gasteiger partial charge in [-0.1, -0.05) is 42.5 Å². The van der Waals surface area contributed by atoms with E-state index >= 15 is 0 Å². The minimum absolute atomic E-state index is 0.316.